The van der Waals surface area contributed by atoms with Crippen molar-refractivity contribution in [2.24, 2.45) is 11.8 Å². The van der Waals surface area contributed by atoms with Crippen molar-refractivity contribution < 1.29 is 14.4 Å². The average Bonchev–Trinajstić information content (AvgIpc) is 3.32. The van der Waals surface area contributed by atoms with Gasteiger partial charge in [0.1, 0.15) is 6.04 Å². The SMILES string of the molecule is Cc1ccc(N2C(=O)[C@@H]3[C@H](C2=O)[C@H](C(=O)c2ccc(Br)cc2)N2c4ccc(Cl)cc4C=C[C@H]32)c(C)c1. The number of imide groups is 1. The number of hydrogen-bond donors (Lipinski definition) is 0. The minimum atomic E-state index is -0.821. The van der Waals surface area contributed by atoms with E-state index in [1.54, 1.807) is 18.2 Å². The van der Waals surface area contributed by atoms with E-state index in [4.69, 9.17) is 11.6 Å². The molecule has 7 heteroatoms. The fraction of sp³-hybridized carbons (Fsp3) is 0.207. The van der Waals surface area contributed by atoms with E-state index in [1.165, 1.54) is 4.90 Å². The molecule has 2 saturated heterocycles. The lowest BCUT2D eigenvalue weighted by molar-refractivity contribution is -0.122. The van der Waals surface area contributed by atoms with E-state index < -0.39 is 23.9 Å². The quantitative estimate of drug-likeness (QED) is 0.291. The molecule has 3 heterocycles. The maximum Gasteiger partial charge on any atom is 0.240 e. The first-order chi connectivity index (χ1) is 17.3. The summed E-state index contributed by atoms with van der Waals surface area (Å²) < 4.78 is 0.857. The maximum atomic E-state index is 14.1. The van der Waals surface area contributed by atoms with Crippen LogP contribution in [0.2, 0.25) is 5.02 Å². The predicted molar refractivity (Wildman–Crippen MR) is 144 cm³/mol. The Morgan fingerprint density at radius 3 is 2.31 bits per heavy atom. The maximum absolute atomic E-state index is 14.1. The van der Waals surface area contributed by atoms with Gasteiger partial charge in [-0.05, 0) is 61.4 Å². The number of fused-ring (bicyclic) bond motifs is 5. The number of carbonyl (C=O) groups is 3. The molecular weight excluding hydrogens is 540 g/mol. The van der Waals surface area contributed by atoms with E-state index >= 15 is 0 Å². The van der Waals surface area contributed by atoms with Crippen LogP contribution in [-0.4, -0.2) is 29.7 Å². The molecule has 0 saturated carbocycles. The molecule has 0 aromatic heterocycles. The van der Waals surface area contributed by atoms with E-state index in [9.17, 15) is 14.4 Å². The summed E-state index contributed by atoms with van der Waals surface area (Å²) in [5.41, 5.74) is 4.64. The highest BCUT2D eigenvalue weighted by atomic mass is 79.9. The van der Waals surface area contributed by atoms with Crippen molar-refractivity contribution in [1.29, 1.82) is 0 Å². The number of ketones is 1. The summed E-state index contributed by atoms with van der Waals surface area (Å²) in [5.74, 6) is -2.24. The van der Waals surface area contributed by atoms with Crippen LogP contribution in [-0.2, 0) is 9.59 Å². The summed E-state index contributed by atoms with van der Waals surface area (Å²) in [6, 6.07) is 17.0. The fourth-order valence-corrected chi connectivity index (χ4v) is 6.37. The number of nitrogens with zero attached hydrogens (tertiary/aromatic N) is 2. The largest absolute Gasteiger partial charge is 0.352 e. The molecule has 0 spiro atoms. The number of benzene rings is 3. The lowest BCUT2D eigenvalue weighted by Gasteiger charge is -2.36. The molecule has 2 fully saturated rings. The van der Waals surface area contributed by atoms with Crippen LogP contribution in [0.15, 0.2) is 71.2 Å². The van der Waals surface area contributed by atoms with Gasteiger partial charge in [0.15, 0.2) is 5.78 Å². The Labute approximate surface area is 222 Å². The Kier molecular flexibility index (Phi) is 5.43. The molecule has 4 atom stereocenters. The zero-order valence-corrected chi connectivity index (χ0v) is 22.0. The number of halogens is 2. The molecule has 6 rings (SSSR count). The van der Waals surface area contributed by atoms with Gasteiger partial charge in [0, 0.05) is 20.7 Å². The van der Waals surface area contributed by atoms with Crippen molar-refractivity contribution in [3.8, 4) is 0 Å². The molecule has 0 aliphatic carbocycles. The monoisotopic (exact) mass is 560 g/mol. The standard InChI is InChI=1S/C29H22BrClN2O3/c1-15-3-10-21(16(2)13-15)33-28(35)24-23-11-6-18-14-20(31)9-12-22(18)32(23)26(25(24)29(33)36)27(34)17-4-7-19(30)8-5-17/h3-14,23-26H,1-2H3/t23-,24+,25+,26-/m1/s1. The summed E-state index contributed by atoms with van der Waals surface area (Å²) in [4.78, 5) is 45.2. The summed E-state index contributed by atoms with van der Waals surface area (Å²) in [6.07, 6.45) is 3.87. The van der Waals surface area contributed by atoms with Gasteiger partial charge in [-0.1, -0.05) is 69.5 Å². The minimum Gasteiger partial charge on any atom is -0.352 e. The fourth-order valence-electron chi connectivity index (χ4n) is 5.92. The molecule has 0 radical (unpaired) electrons. The van der Waals surface area contributed by atoms with Crippen LogP contribution in [0.5, 0.6) is 0 Å². The molecule has 0 unspecified atom stereocenters. The first-order valence-electron chi connectivity index (χ1n) is 11.8. The van der Waals surface area contributed by atoms with E-state index in [0.717, 1.165) is 26.9 Å². The van der Waals surface area contributed by atoms with Crippen LogP contribution >= 0.6 is 27.5 Å². The Bertz CT molecular complexity index is 1480. The minimum absolute atomic E-state index is 0.181. The van der Waals surface area contributed by atoms with Crippen LogP contribution in [0.4, 0.5) is 11.4 Å². The number of rotatable bonds is 3. The molecule has 3 aliphatic heterocycles. The Hall–Kier alpha value is -3.22. The molecule has 0 bridgehead atoms. The third-order valence-corrected chi connectivity index (χ3v) is 8.22. The van der Waals surface area contributed by atoms with Crippen molar-refractivity contribution in [3.05, 3.63) is 98.5 Å². The molecule has 3 aliphatic rings. The average molecular weight is 562 g/mol. The highest BCUT2D eigenvalue weighted by Crippen LogP contribution is 2.50. The van der Waals surface area contributed by atoms with E-state index in [2.05, 4.69) is 15.9 Å². The molecule has 2 amide bonds. The summed E-state index contributed by atoms with van der Waals surface area (Å²) in [5, 5.41) is 0.584. The summed E-state index contributed by atoms with van der Waals surface area (Å²) in [7, 11) is 0. The first-order valence-corrected chi connectivity index (χ1v) is 12.9. The van der Waals surface area contributed by atoms with Crippen LogP contribution < -0.4 is 9.80 Å². The third kappa shape index (κ3) is 3.39. The molecule has 3 aromatic carbocycles. The number of carbonyl (C=O) groups excluding carboxylic acids is 3. The van der Waals surface area contributed by atoms with Gasteiger partial charge in [-0.3, -0.25) is 14.4 Å². The van der Waals surface area contributed by atoms with E-state index in [1.807, 2.05) is 73.4 Å². The smallest absolute Gasteiger partial charge is 0.240 e. The Morgan fingerprint density at radius 2 is 1.58 bits per heavy atom. The van der Waals surface area contributed by atoms with Gasteiger partial charge in [-0.25, -0.2) is 4.90 Å². The van der Waals surface area contributed by atoms with Crippen molar-refractivity contribution >= 4 is 62.6 Å². The van der Waals surface area contributed by atoms with Gasteiger partial charge in [0.05, 0.1) is 23.6 Å². The van der Waals surface area contributed by atoms with Gasteiger partial charge in [-0.2, -0.15) is 0 Å². The zero-order valence-electron chi connectivity index (χ0n) is 19.6. The second-order valence-electron chi connectivity index (χ2n) is 9.63. The molecule has 5 nitrogen and oxygen atoms in total. The Morgan fingerprint density at radius 1 is 0.889 bits per heavy atom. The summed E-state index contributed by atoms with van der Waals surface area (Å²) in [6.45, 7) is 3.87. The molecule has 0 N–H and O–H groups in total. The number of amides is 2. The van der Waals surface area contributed by atoms with E-state index in [-0.39, 0.29) is 17.6 Å². The third-order valence-electron chi connectivity index (χ3n) is 7.46. The zero-order chi connectivity index (χ0) is 25.3. The van der Waals surface area contributed by atoms with Crippen molar-refractivity contribution in [3.63, 3.8) is 0 Å². The molecule has 180 valence electrons. The van der Waals surface area contributed by atoms with Crippen LogP contribution in [0, 0.1) is 25.7 Å². The molecular formula is C29H22BrClN2O3. The highest BCUT2D eigenvalue weighted by molar-refractivity contribution is 9.10. The predicted octanol–water partition coefficient (Wildman–Crippen LogP) is 5.99. The number of aryl methyl sites for hydroxylation is 2. The lowest BCUT2D eigenvalue weighted by atomic mass is 9.86. The first kappa shape index (κ1) is 23.2. The topological polar surface area (TPSA) is 57.7 Å². The second kappa shape index (κ2) is 8.43. The van der Waals surface area contributed by atoms with Crippen molar-refractivity contribution in [1.82, 2.24) is 0 Å². The van der Waals surface area contributed by atoms with Gasteiger partial charge in [0.2, 0.25) is 11.8 Å². The lowest BCUT2D eigenvalue weighted by Crippen LogP contribution is -2.49. The van der Waals surface area contributed by atoms with Crippen LogP contribution in [0.3, 0.4) is 0 Å². The van der Waals surface area contributed by atoms with E-state index in [0.29, 0.717) is 16.3 Å². The van der Waals surface area contributed by atoms with Gasteiger partial charge in [0.25, 0.3) is 0 Å². The van der Waals surface area contributed by atoms with Gasteiger partial charge < -0.3 is 4.90 Å². The van der Waals surface area contributed by atoms with Crippen molar-refractivity contribution in [2.45, 2.75) is 25.9 Å². The number of Topliss-reactive ketones (excluding diaryl/α,β-unsaturated/α-hetero) is 1. The van der Waals surface area contributed by atoms with Gasteiger partial charge in [-0.15, -0.1) is 0 Å². The van der Waals surface area contributed by atoms with Crippen LogP contribution in [0.1, 0.15) is 27.0 Å². The van der Waals surface area contributed by atoms with Gasteiger partial charge >= 0.3 is 0 Å². The highest BCUT2D eigenvalue weighted by Gasteiger charge is 2.64. The normalized spacial score (nSPS) is 24.1. The number of hydrogen-bond acceptors (Lipinski definition) is 4. The molecule has 36 heavy (non-hydrogen) atoms. The Balaban J connectivity index is 1.50. The van der Waals surface area contributed by atoms with Crippen molar-refractivity contribution in [2.75, 3.05) is 9.80 Å². The molecule has 3 aromatic rings. The summed E-state index contributed by atoms with van der Waals surface area (Å²) >= 11 is 9.67. The van der Waals surface area contributed by atoms with Crippen LogP contribution in [0.25, 0.3) is 6.08 Å². The second-order valence-corrected chi connectivity index (χ2v) is 11.0. The number of anilines is 2.